The van der Waals surface area contributed by atoms with Crippen LogP contribution in [0.25, 0.3) is 11.5 Å². The van der Waals surface area contributed by atoms with Crippen LogP contribution < -0.4 is 10.2 Å². The molecular weight excluding hydrogens is 216 g/mol. The fraction of sp³-hybridized carbons (Fsp3) is 0.333. The number of aromatic nitrogens is 2. The van der Waals surface area contributed by atoms with Gasteiger partial charge in [-0.1, -0.05) is 0 Å². The summed E-state index contributed by atoms with van der Waals surface area (Å²) in [6.45, 7) is 3.86. The van der Waals surface area contributed by atoms with Gasteiger partial charge in [0, 0.05) is 38.6 Å². The Bertz CT molecular complexity index is 477. The number of piperazine rings is 1. The van der Waals surface area contributed by atoms with E-state index in [2.05, 4.69) is 20.2 Å². The molecular formula is C12H14N4O. The van der Waals surface area contributed by atoms with Crippen LogP contribution >= 0.6 is 0 Å². The fourth-order valence-electron chi connectivity index (χ4n) is 2.03. The first-order chi connectivity index (χ1) is 8.45. The van der Waals surface area contributed by atoms with Gasteiger partial charge in [0.05, 0.1) is 6.26 Å². The molecule has 1 saturated heterocycles. The molecule has 5 nitrogen and oxygen atoms in total. The molecule has 17 heavy (non-hydrogen) atoms. The molecule has 1 aliphatic rings. The van der Waals surface area contributed by atoms with Gasteiger partial charge in [-0.3, -0.25) is 0 Å². The number of hydrogen-bond donors (Lipinski definition) is 1. The lowest BCUT2D eigenvalue weighted by molar-refractivity contribution is 0.571. The van der Waals surface area contributed by atoms with Gasteiger partial charge >= 0.3 is 0 Å². The summed E-state index contributed by atoms with van der Waals surface area (Å²) in [6, 6.07) is 3.78. The van der Waals surface area contributed by atoms with E-state index in [0.717, 1.165) is 43.5 Å². The average molecular weight is 230 g/mol. The Morgan fingerprint density at radius 1 is 1.18 bits per heavy atom. The van der Waals surface area contributed by atoms with Crippen molar-refractivity contribution in [3.8, 4) is 11.5 Å². The van der Waals surface area contributed by atoms with Gasteiger partial charge in [0.25, 0.3) is 0 Å². The molecule has 0 atom stereocenters. The van der Waals surface area contributed by atoms with E-state index in [1.54, 1.807) is 18.7 Å². The lowest BCUT2D eigenvalue weighted by atomic mass is 10.2. The van der Waals surface area contributed by atoms with E-state index in [0.29, 0.717) is 0 Å². The van der Waals surface area contributed by atoms with Gasteiger partial charge in [-0.15, -0.1) is 0 Å². The minimum Gasteiger partial charge on any atom is -0.463 e. The number of nitrogens with one attached hydrogen (secondary N) is 1. The Morgan fingerprint density at radius 3 is 2.76 bits per heavy atom. The second-order valence-corrected chi connectivity index (χ2v) is 3.94. The molecule has 0 spiro atoms. The van der Waals surface area contributed by atoms with E-state index in [4.69, 9.17) is 4.42 Å². The van der Waals surface area contributed by atoms with Crippen LogP contribution in [0.3, 0.4) is 0 Å². The number of nitrogens with zero attached hydrogens (tertiary/aromatic N) is 3. The maximum absolute atomic E-state index is 5.41. The van der Waals surface area contributed by atoms with Crippen LogP contribution in [0.4, 0.5) is 5.82 Å². The van der Waals surface area contributed by atoms with Crippen LogP contribution in [0.2, 0.25) is 0 Å². The fourth-order valence-corrected chi connectivity index (χ4v) is 2.03. The molecule has 2 aromatic rings. The molecule has 5 heteroatoms. The molecule has 3 heterocycles. The third kappa shape index (κ3) is 2.01. The summed E-state index contributed by atoms with van der Waals surface area (Å²) in [7, 11) is 0. The minimum absolute atomic E-state index is 0.770. The van der Waals surface area contributed by atoms with Crippen LogP contribution in [0, 0.1) is 0 Å². The highest BCUT2D eigenvalue weighted by Gasteiger charge is 2.18. The monoisotopic (exact) mass is 230 g/mol. The lowest BCUT2D eigenvalue weighted by Gasteiger charge is -2.29. The first-order valence-corrected chi connectivity index (χ1v) is 5.76. The second kappa shape index (κ2) is 4.55. The Hall–Kier alpha value is -1.88. The zero-order valence-electron chi connectivity index (χ0n) is 9.47. The molecule has 2 aromatic heterocycles. The molecule has 88 valence electrons. The molecule has 0 aromatic carbocycles. The van der Waals surface area contributed by atoms with E-state index in [1.807, 2.05) is 12.1 Å². The molecule has 0 unspecified atom stereocenters. The van der Waals surface area contributed by atoms with Crippen LogP contribution in [0.5, 0.6) is 0 Å². The first-order valence-electron chi connectivity index (χ1n) is 5.76. The summed E-state index contributed by atoms with van der Waals surface area (Å²) in [5.41, 5.74) is 0.819. The van der Waals surface area contributed by atoms with E-state index in [9.17, 15) is 0 Å². The van der Waals surface area contributed by atoms with E-state index >= 15 is 0 Å². The summed E-state index contributed by atoms with van der Waals surface area (Å²) in [6.07, 6.45) is 5.08. The van der Waals surface area contributed by atoms with Crippen molar-refractivity contribution in [3.63, 3.8) is 0 Å². The van der Waals surface area contributed by atoms with Crippen LogP contribution in [0.1, 0.15) is 0 Å². The zero-order valence-corrected chi connectivity index (χ0v) is 9.47. The normalized spacial score (nSPS) is 16.1. The van der Waals surface area contributed by atoms with Crippen molar-refractivity contribution in [2.24, 2.45) is 0 Å². The smallest absolute Gasteiger partial charge is 0.158 e. The van der Waals surface area contributed by atoms with Crippen molar-refractivity contribution < 1.29 is 4.42 Å². The largest absolute Gasteiger partial charge is 0.463 e. The van der Waals surface area contributed by atoms with Gasteiger partial charge in [-0.2, -0.15) is 0 Å². The summed E-state index contributed by atoms with van der Waals surface area (Å²) in [5, 5.41) is 3.33. The molecule has 0 bridgehead atoms. The summed E-state index contributed by atoms with van der Waals surface area (Å²) >= 11 is 0. The van der Waals surface area contributed by atoms with Crippen molar-refractivity contribution >= 4 is 5.82 Å². The van der Waals surface area contributed by atoms with E-state index < -0.39 is 0 Å². The third-order valence-corrected chi connectivity index (χ3v) is 2.85. The molecule has 0 aliphatic carbocycles. The molecule has 0 radical (unpaired) electrons. The number of hydrogen-bond acceptors (Lipinski definition) is 5. The summed E-state index contributed by atoms with van der Waals surface area (Å²) in [5.74, 6) is 1.68. The maximum Gasteiger partial charge on any atom is 0.158 e. The van der Waals surface area contributed by atoms with Gasteiger partial charge in [0.2, 0.25) is 0 Å². The highest BCUT2D eigenvalue weighted by molar-refractivity contribution is 5.67. The van der Waals surface area contributed by atoms with Crippen molar-refractivity contribution in [1.82, 2.24) is 15.3 Å². The average Bonchev–Trinajstić information content (AvgIpc) is 2.94. The lowest BCUT2D eigenvalue weighted by Crippen LogP contribution is -2.44. The van der Waals surface area contributed by atoms with Gasteiger partial charge < -0.3 is 14.6 Å². The molecule has 0 amide bonds. The molecule has 3 rings (SSSR count). The number of furan rings is 1. The Morgan fingerprint density at radius 2 is 2.00 bits per heavy atom. The molecule has 1 N–H and O–H groups in total. The highest BCUT2D eigenvalue weighted by atomic mass is 16.3. The Kier molecular flexibility index (Phi) is 2.75. The molecule has 1 aliphatic heterocycles. The summed E-state index contributed by atoms with van der Waals surface area (Å²) in [4.78, 5) is 11.0. The quantitative estimate of drug-likeness (QED) is 0.838. The topological polar surface area (TPSA) is 54.2 Å². The Balaban J connectivity index is 1.98. The minimum atomic E-state index is 0.770. The standard InChI is InChI=1S/C12H14N4O/c1-2-10(17-9-1)11-12(15-4-3-14-11)16-7-5-13-6-8-16/h1-4,9,13H,5-8H2. The molecule has 0 saturated carbocycles. The van der Waals surface area contributed by atoms with Crippen molar-refractivity contribution in [1.29, 1.82) is 0 Å². The maximum atomic E-state index is 5.41. The summed E-state index contributed by atoms with van der Waals surface area (Å²) < 4.78 is 5.41. The van der Waals surface area contributed by atoms with Crippen LogP contribution in [-0.2, 0) is 0 Å². The predicted octanol–water partition coefficient (Wildman–Crippen LogP) is 1.15. The van der Waals surface area contributed by atoms with Crippen molar-refractivity contribution in [2.45, 2.75) is 0 Å². The SMILES string of the molecule is c1coc(-c2nccnc2N2CCNCC2)c1. The van der Waals surface area contributed by atoms with E-state index in [1.165, 1.54) is 0 Å². The zero-order chi connectivity index (χ0) is 11.5. The highest BCUT2D eigenvalue weighted by Crippen LogP contribution is 2.26. The number of anilines is 1. The predicted molar refractivity (Wildman–Crippen MR) is 64.8 cm³/mol. The van der Waals surface area contributed by atoms with Gasteiger partial charge in [-0.05, 0) is 12.1 Å². The molecule has 1 fully saturated rings. The third-order valence-electron chi connectivity index (χ3n) is 2.85. The van der Waals surface area contributed by atoms with Crippen molar-refractivity contribution in [2.75, 3.05) is 31.1 Å². The Labute approximate surface area is 99.5 Å². The van der Waals surface area contributed by atoms with Gasteiger partial charge in [0.15, 0.2) is 11.6 Å². The van der Waals surface area contributed by atoms with Crippen LogP contribution in [0.15, 0.2) is 35.2 Å². The van der Waals surface area contributed by atoms with Gasteiger partial charge in [-0.25, -0.2) is 9.97 Å². The first kappa shape index (κ1) is 10.3. The van der Waals surface area contributed by atoms with Crippen molar-refractivity contribution in [3.05, 3.63) is 30.8 Å². The second-order valence-electron chi connectivity index (χ2n) is 3.94. The van der Waals surface area contributed by atoms with E-state index in [-0.39, 0.29) is 0 Å². The number of rotatable bonds is 2. The van der Waals surface area contributed by atoms with Crippen LogP contribution in [-0.4, -0.2) is 36.1 Å². The van der Waals surface area contributed by atoms with Gasteiger partial charge in [0.1, 0.15) is 5.69 Å².